The fraction of sp³-hybridized carbons (Fsp3) is 0.167. The van der Waals surface area contributed by atoms with Gasteiger partial charge in [0.25, 0.3) is 5.91 Å². The van der Waals surface area contributed by atoms with Gasteiger partial charge in [-0.1, -0.05) is 42.5 Å². The lowest BCUT2D eigenvalue weighted by Crippen LogP contribution is -2.22. The van der Waals surface area contributed by atoms with Gasteiger partial charge in [0.1, 0.15) is 6.04 Å². The molecule has 6 nitrogen and oxygen atoms in total. The Balaban J connectivity index is 1.55. The van der Waals surface area contributed by atoms with Gasteiger partial charge in [-0.15, -0.1) is 0 Å². The number of hydrogen-bond donors (Lipinski definition) is 3. The van der Waals surface area contributed by atoms with E-state index in [2.05, 4.69) is 16.0 Å². The molecule has 3 N–H and O–H groups in total. The predicted molar refractivity (Wildman–Crippen MR) is 89.3 cm³/mol. The first-order chi connectivity index (χ1) is 11.6. The fourth-order valence-electron chi connectivity index (χ4n) is 2.54. The summed E-state index contributed by atoms with van der Waals surface area (Å²) in [6, 6.07) is 15.5. The molecule has 0 saturated carbocycles. The second kappa shape index (κ2) is 6.95. The smallest absolute Gasteiger partial charge is 0.322 e. The van der Waals surface area contributed by atoms with E-state index in [1.807, 2.05) is 30.3 Å². The van der Waals surface area contributed by atoms with Crippen molar-refractivity contribution in [2.45, 2.75) is 18.9 Å². The zero-order chi connectivity index (χ0) is 16.9. The summed E-state index contributed by atoms with van der Waals surface area (Å²) >= 11 is 0. The maximum absolute atomic E-state index is 12.0. The molecule has 3 rings (SSSR count). The molecule has 1 fully saturated rings. The fourth-order valence-corrected chi connectivity index (χ4v) is 2.54. The normalized spacial score (nSPS) is 16.4. The first-order valence-electron chi connectivity index (χ1n) is 7.67. The van der Waals surface area contributed by atoms with Crippen LogP contribution in [0.5, 0.6) is 0 Å². The molecule has 24 heavy (non-hydrogen) atoms. The highest BCUT2D eigenvalue weighted by Gasteiger charge is 2.30. The minimum Gasteiger partial charge on any atom is -0.326 e. The minimum atomic E-state index is -0.680. The van der Waals surface area contributed by atoms with Gasteiger partial charge in [-0.25, -0.2) is 4.79 Å². The monoisotopic (exact) mass is 323 g/mol. The second-order valence-corrected chi connectivity index (χ2v) is 5.55. The largest absolute Gasteiger partial charge is 0.326 e. The van der Waals surface area contributed by atoms with Crippen molar-refractivity contribution in [3.63, 3.8) is 0 Å². The first kappa shape index (κ1) is 15.7. The van der Waals surface area contributed by atoms with E-state index in [0.29, 0.717) is 24.1 Å². The Bertz CT molecular complexity index is 757. The maximum atomic E-state index is 12.0. The third-order valence-electron chi connectivity index (χ3n) is 3.79. The zero-order valence-electron chi connectivity index (χ0n) is 12.9. The number of rotatable bonds is 5. The SMILES string of the molecule is O=C(CCc1ccccc1)Nc1ccc(C2NC(=O)NC2=O)cc1. The molecule has 0 radical (unpaired) electrons. The molecule has 2 aromatic rings. The molecule has 1 aliphatic heterocycles. The van der Waals surface area contributed by atoms with Crippen LogP contribution in [0, 0.1) is 0 Å². The Kier molecular flexibility index (Phi) is 4.56. The van der Waals surface area contributed by atoms with Gasteiger partial charge >= 0.3 is 6.03 Å². The summed E-state index contributed by atoms with van der Waals surface area (Å²) in [5, 5.41) is 7.54. The quantitative estimate of drug-likeness (QED) is 0.737. The highest BCUT2D eigenvalue weighted by molar-refractivity contribution is 6.04. The molecular weight excluding hydrogens is 306 g/mol. The van der Waals surface area contributed by atoms with Gasteiger partial charge < -0.3 is 10.6 Å². The van der Waals surface area contributed by atoms with Crippen LogP contribution in [0.15, 0.2) is 54.6 Å². The Labute approximate surface area is 139 Å². The zero-order valence-corrected chi connectivity index (χ0v) is 12.9. The number of carbonyl (C=O) groups excluding carboxylic acids is 3. The molecule has 1 saturated heterocycles. The van der Waals surface area contributed by atoms with Crippen molar-refractivity contribution >= 4 is 23.5 Å². The van der Waals surface area contributed by atoms with Gasteiger partial charge in [-0.3, -0.25) is 14.9 Å². The number of imide groups is 1. The molecule has 1 unspecified atom stereocenters. The summed E-state index contributed by atoms with van der Waals surface area (Å²) < 4.78 is 0. The van der Waals surface area contributed by atoms with Crippen LogP contribution < -0.4 is 16.0 Å². The van der Waals surface area contributed by atoms with Crippen LogP contribution in [0.3, 0.4) is 0 Å². The summed E-state index contributed by atoms with van der Waals surface area (Å²) in [5.41, 5.74) is 2.44. The van der Waals surface area contributed by atoms with Gasteiger partial charge in [0, 0.05) is 12.1 Å². The van der Waals surface area contributed by atoms with Crippen LogP contribution in [-0.4, -0.2) is 17.8 Å². The van der Waals surface area contributed by atoms with E-state index < -0.39 is 12.1 Å². The molecular formula is C18H17N3O3. The second-order valence-electron chi connectivity index (χ2n) is 5.55. The van der Waals surface area contributed by atoms with Crippen molar-refractivity contribution in [2.75, 3.05) is 5.32 Å². The van der Waals surface area contributed by atoms with E-state index in [1.165, 1.54) is 0 Å². The third kappa shape index (κ3) is 3.78. The molecule has 0 aromatic heterocycles. The number of hydrogen-bond acceptors (Lipinski definition) is 3. The summed E-state index contributed by atoms with van der Waals surface area (Å²) in [6.45, 7) is 0. The van der Waals surface area contributed by atoms with Crippen molar-refractivity contribution in [3.8, 4) is 0 Å². The van der Waals surface area contributed by atoms with E-state index in [4.69, 9.17) is 0 Å². The number of nitrogens with one attached hydrogen (secondary N) is 3. The van der Waals surface area contributed by atoms with Gasteiger partial charge in [0.15, 0.2) is 0 Å². The van der Waals surface area contributed by atoms with E-state index in [1.54, 1.807) is 24.3 Å². The minimum absolute atomic E-state index is 0.0708. The van der Waals surface area contributed by atoms with Crippen LogP contribution in [-0.2, 0) is 16.0 Å². The van der Waals surface area contributed by atoms with Gasteiger partial charge in [-0.05, 0) is 29.7 Å². The van der Waals surface area contributed by atoms with Gasteiger partial charge in [-0.2, -0.15) is 0 Å². The summed E-state index contributed by atoms with van der Waals surface area (Å²) in [7, 11) is 0. The number of aryl methyl sites for hydroxylation is 1. The molecule has 1 aliphatic rings. The summed E-state index contributed by atoms with van der Waals surface area (Å²) in [4.78, 5) is 34.7. The Morgan fingerprint density at radius 2 is 1.71 bits per heavy atom. The molecule has 0 bridgehead atoms. The van der Waals surface area contributed by atoms with Crippen LogP contribution in [0.1, 0.15) is 23.6 Å². The topological polar surface area (TPSA) is 87.3 Å². The van der Waals surface area contributed by atoms with Crippen LogP contribution in [0.25, 0.3) is 0 Å². The van der Waals surface area contributed by atoms with E-state index >= 15 is 0 Å². The number of anilines is 1. The Hall–Kier alpha value is -3.15. The standard InChI is InChI=1S/C18H17N3O3/c22-15(11-6-12-4-2-1-3-5-12)19-14-9-7-13(8-10-14)16-17(23)21-18(24)20-16/h1-5,7-10,16H,6,11H2,(H,19,22)(H2,20,21,23,24). The highest BCUT2D eigenvalue weighted by Crippen LogP contribution is 2.19. The lowest BCUT2D eigenvalue weighted by Gasteiger charge is -2.09. The average molecular weight is 323 g/mol. The van der Waals surface area contributed by atoms with Crippen molar-refractivity contribution in [1.82, 2.24) is 10.6 Å². The molecule has 1 heterocycles. The van der Waals surface area contributed by atoms with Crippen LogP contribution >= 0.6 is 0 Å². The van der Waals surface area contributed by atoms with Crippen molar-refractivity contribution in [2.24, 2.45) is 0 Å². The Morgan fingerprint density at radius 3 is 2.33 bits per heavy atom. The van der Waals surface area contributed by atoms with Gasteiger partial charge in [0.05, 0.1) is 0 Å². The number of benzene rings is 2. The molecule has 6 heteroatoms. The molecule has 2 aromatic carbocycles. The number of urea groups is 1. The van der Waals surface area contributed by atoms with E-state index in [-0.39, 0.29) is 11.8 Å². The Morgan fingerprint density at radius 1 is 1.00 bits per heavy atom. The van der Waals surface area contributed by atoms with Crippen LogP contribution in [0.2, 0.25) is 0 Å². The van der Waals surface area contributed by atoms with Crippen LogP contribution in [0.4, 0.5) is 10.5 Å². The lowest BCUT2D eigenvalue weighted by atomic mass is 10.1. The molecule has 4 amide bonds. The highest BCUT2D eigenvalue weighted by atomic mass is 16.2. The lowest BCUT2D eigenvalue weighted by molar-refractivity contribution is -0.120. The summed E-state index contributed by atoms with van der Waals surface area (Å²) in [5.74, 6) is -0.446. The third-order valence-corrected chi connectivity index (χ3v) is 3.79. The average Bonchev–Trinajstić information content (AvgIpc) is 2.93. The summed E-state index contributed by atoms with van der Waals surface area (Å²) in [6.07, 6.45) is 1.08. The van der Waals surface area contributed by atoms with Crippen molar-refractivity contribution in [3.05, 3.63) is 65.7 Å². The van der Waals surface area contributed by atoms with Crippen molar-refractivity contribution in [1.29, 1.82) is 0 Å². The predicted octanol–water partition coefficient (Wildman–Crippen LogP) is 2.14. The van der Waals surface area contributed by atoms with E-state index in [9.17, 15) is 14.4 Å². The molecule has 1 atom stereocenters. The number of amides is 4. The molecule has 0 aliphatic carbocycles. The van der Waals surface area contributed by atoms with E-state index in [0.717, 1.165) is 5.56 Å². The maximum Gasteiger partial charge on any atom is 0.322 e. The molecule has 0 spiro atoms. The number of carbonyl (C=O) groups is 3. The van der Waals surface area contributed by atoms with Gasteiger partial charge in [0.2, 0.25) is 5.91 Å². The first-order valence-corrected chi connectivity index (χ1v) is 7.67. The molecule has 122 valence electrons. The van der Waals surface area contributed by atoms with Crippen molar-refractivity contribution < 1.29 is 14.4 Å².